The van der Waals surface area contributed by atoms with Crippen LogP contribution in [-0.4, -0.2) is 81.0 Å². The number of rotatable bonds is 10. The third-order valence-corrected chi connectivity index (χ3v) is 11.0. The molecule has 7 rings (SSSR count). The van der Waals surface area contributed by atoms with Crippen LogP contribution < -0.4 is 21.5 Å². The Morgan fingerprint density at radius 3 is 1.54 bits per heavy atom. The summed E-state index contributed by atoms with van der Waals surface area (Å²) in [5.41, 5.74) is 11.9. The number of sulfonamides is 1. The SMILES string of the molecule is CN.CNS(=O)(=O)c1ccc(NCc2ccc(C(F)(F)F)cn2)c(-c2cn(C)cn2)c1.ClC(Cl)Cl.Cn1cnc(-c2cc(S(=O)[O-])ccc2N)c1.O=Cc1ccc(C(F)(F)F)cn1.OCc1ccc(C(F)(F)F)cn1.[O]=[Mn]=[O]. The second kappa shape index (κ2) is 33.3. The van der Waals surface area contributed by atoms with Crippen LogP contribution in [0.1, 0.15) is 38.6 Å². The number of nitrogens with one attached hydrogen (secondary N) is 2. The van der Waals surface area contributed by atoms with E-state index in [0.717, 1.165) is 36.5 Å². The Morgan fingerprint density at radius 1 is 0.731 bits per heavy atom. The van der Waals surface area contributed by atoms with Crippen molar-refractivity contribution in [3.8, 4) is 22.5 Å². The van der Waals surface area contributed by atoms with Crippen molar-refractivity contribution in [1.82, 2.24) is 38.8 Å². The Morgan fingerprint density at radius 2 is 1.18 bits per heavy atom. The summed E-state index contributed by atoms with van der Waals surface area (Å²) >= 11 is 10.7. The molecule has 0 fully saturated rings. The van der Waals surface area contributed by atoms with E-state index >= 15 is 0 Å². The molecular weight excluding hydrogens is 1210 g/mol. The fourth-order valence-electron chi connectivity index (χ4n) is 5.35. The van der Waals surface area contributed by atoms with Gasteiger partial charge in [-0.1, -0.05) is 34.8 Å². The molecule has 7 N–H and O–H groups in total. The molecule has 0 bridgehead atoms. The van der Waals surface area contributed by atoms with E-state index in [1.807, 2.05) is 7.05 Å². The fraction of sp³-hybridized carbons (Fsp3) is 0.227. The molecule has 0 spiro atoms. The van der Waals surface area contributed by atoms with E-state index < -0.39 is 75.4 Å². The molecule has 7 aromatic rings. The second-order valence-electron chi connectivity index (χ2n) is 14.2. The molecular formula is C44H44Cl3F9MnN11O8S2-. The number of anilines is 2. The minimum atomic E-state index is -4.44. The Labute approximate surface area is 462 Å². The first kappa shape index (κ1) is 69.9. The van der Waals surface area contributed by atoms with Crippen LogP contribution in [-0.2, 0) is 89.4 Å². The number of benzene rings is 2. The topological polar surface area (TPSA) is 296 Å². The van der Waals surface area contributed by atoms with E-state index in [-0.39, 0.29) is 34.3 Å². The van der Waals surface area contributed by atoms with Crippen molar-refractivity contribution in [2.45, 2.75) is 45.8 Å². The summed E-state index contributed by atoms with van der Waals surface area (Å²) in [6, 6.07) is 15.2. The van der Waals surface area contributed by atoms with E-state index in [1.165, 1.54) is 44.4 Å². The summed E-state index contributed by atoms with van der Waals surface area (Å²) in [6.45, 7) is -0.200. The molecule has 34 heteroatoms. The van der Waals surface area contributed by atoms with Gasteiger partial charge in [0.15, 0.2) is 10.6 Å². The van der Waals surface area contributed by atoms with Crippen molar-refractivity contribution in [2.24, 2.45) is 19.8 Å². The van der Waals surface area contributed by atoms with Gasteiger partial charge in [0.2, 0.25) is 10.0 Å². The van der Waals surface area contributed by atoms with Gasteiger partial charge < -0.3 is 35.6 Å². The fourth-order valence-corrected chi connectivity index (χ4v) is 6.50. The number of nitrogens with zero attached hydrogens (tertiary/aromatic N) is 7. The molecule has 427 valence electrons. The molecule has 0 aliphatic heterocycles. The Hall–Kier alpha value is -6.12. The predicted octanol–water partition coefficient (Wildman–Crippen LogP) is 8.76. The van der Waals surface area contributed by atoms with E-state index in [4.69, 9.17) is 53.3 Å². The number of alkyl halides is 12. The molecule has 1 atom stereocenters. The number of nitrogens with two attached hydrogens (primary N) is 2. The Bertz CT molecular complexity index is 3120. The van der Waals surface area contributed by atoms with Gasteiger partial charge in [-0.15, -0.1) is 0 Å². The molecule has 0 aliphatic carbocycles. The van der Waals surface area contributed by atoms with E-state index in [0.29, 0.717) is 58.3 Å². The predicted molar refractivity (Wildman–Crippen MR) is 264 cm³/mol. The number of aldehydes is 1. The van der Waals surface area contributed by atoms with Crippen LogP contribution in [0.25, 0.3) is 22.5 Å². The minimum absolute atomic E-state index is 0.0111. The molecule has 5 heterocycles. The zero-order chi connectivity index (χ0) is 59.6. The Kier molecular flexibility index (Phi) is 29.9. The molecule has 78 heavy (non-hydrogen) atoms. The van der Waals surface area contributed by atoms with Crippen molar-refractivity contribution in [3.05, 3.63) is 150 Å². The van der Waals surface area contributed by atoms with Crippen molar-refractivity contribution in [1.29, 1.82) is 0 Å². The quantitative estimate of drug-likeness (QED) is 0.0213. The number of carbonyl (C=O) groups excluding carboxylic acids is 1. The average molecular weight is 1250 g/mol. The van der Waals surface area contributed by atoms with Crippen molar-refractivity contribution < 1.29 is 89.1 Å². The number of hydrogen-bond acceptors (Lipinski definition) is 16. The summed E-state index contributed by atoms with van der Waals surface area (Å²) in [4.78, 5) is 29.2. The molecule has 0 saturated heterocycles. The molecule has 0 aliphatic rings. The number of nitrogen functional groups attached to an aromatic ring is 1. The summed E-state index contributed by atoms with van der Waals surface area (Å²) in [6.07, 6.45) is -3.98. The molecule has 1 unspecified atom stereocenters. The first-order valence-corrected chi connectivity index (χ1v) is 25.5. The van der Waals surface area contributed by atoms with Gasteiger partial charge in [-0.2, -0.15) is 39.5 Å². The van der Waals surface area contributed by atoms with Gasteiger partial charge in [0, 0.05) is 72.5 Å². The van der Waals surface area contributed by atoms with Gasteiger partial charge in [-0.25, -0.2) is 23.1 Å². The van der Waals surface area contributed by atoms with Gasteiger partial charge in [0.25, 0.3) is 0 Å². The van der Waals surface area contributed by atoms with Gasteiger partial charge in [0.1, 0.15) is 5.69 Å². The third-order valence-electron chi connectivity index (χ3n) is 8.91. The summed E-state index contributed by atoms with van der Waals surface area (Å²) in [5, 5.41) is 11.6. The van der Waals surface area contributed by atoms with Crippen LogP contribution in [0, 0.1) is 0 Å². The zero-order valence-corrected chi connectivity index (χ0v) is 45.4. The number of aromatic nitrogens is 7. The normalized spacial score (nSPS) is 11.3. The number of aliphatic hydroxyl groups is 1. The molecule has 0 radical (unpaired) electrons. The molecule has 19 nitrogen and oxygen atoms in total. The average Bonchev–Trinajstić information content (AvgIpc) is 4.03. The summed E-state index contributed by atoms with van der Waals surface area (Å²) in [7, 11) is 2.78. The van der Waals surface area contributed by atoms with Crippen molar-refractivity contribution in [3.63, 3.8) is 0 Å². The monoisotopic (exact) mass is 1250 g/mol. The number of hydrogen-bond donors (Lipinski definition) is 5. The number of imidazole rings is 2. The van der Waals surface area contributed by atoms with E-state index in [9.17, 15) is 61.5 Å². The first-order valence-electron chi connectivity index (χ1n) is 20.7. The molecule has 2 aromatic carbocycles. The zero-order valence-electron chi connectivity index (χ0n) is 40.4. The molecule has 0 amide bonds. The van der Waals surface area contributed by atoms with Crippen LogP contribution in [0.4, 0.5) is 50.9 Å². The number of pyridine rings is 3. The molecule has 0 saturated carbocycles. The van der Waals surface area contributed by atoms with Crippen LogP contribution >= 0.6 is 34.8 Å². The van der Waals surface area contributed by atoms with E-state index in [2.05, 4.69) is 40.7 Å². The van der Waals surface area contributed by atoms with Crippen molar-refractivity contribution in [2.75, 3.05) is 25.1 Å². The van der Waals surface area contributed by atoms with E-state index in [1.54, 1.807) is 53.4 Å². The van der Waals surface area contributed by atoms with Crippen LogP contribution in [0.3, 0.4) is 0 Å². The van der Waals surface area contributed by atoms with Crippen LogP contribution in [0.15, 0.2) is 126 Å². The second-order valence-corrected chi connectivity index (χ2v) is 19.2. The molecule has 5 aromatic heterocycles. The number of aliphatic hydroxyl groups excluding tert-OH is 1. The maximum atomic E-state index is 12.7. The van der Waals surface area contributed by atoms with Crippen LogP contribution in [0.5, 0.6) is 0 Å². The van der Waals surface area contributed by atoms with Gasteiger partial charge in [-0.3, -0.25) is 24.0 Å². The maximum absolute atomic E-state index is 12.7. The standard InChI is InChI=1S/C18H18F3N5O2S.C10H11N3O2S.C7H6F3NO.C7H4F3NO.CHCl3.CH5N.Mn.2O/c1-22-29(27,28)14-5-6-16(15(7-14)17-10-26(2)11-25-17)24-9-13-4-3-12(8-23-13)18(19,20)21;1-13-5-10(12-6-13)8-4-7(16(14)15)2-3-9(8)11;2*8-7(9,10)5-1-2-6(4-12)11-3-5;2-1(3)4;1-2;;;/h3-8,10-11,22,24H,9H2,1-2H3;2-6H,11H2,1H3,(H,14,15);1-3,12H,4H2;1-4H;1H;2H2,1H3;;;/p-1. The van der Waals surface area contributed by atoms with Gasteiger partial charge in [0.05, 0.1) is 70.2 Å². The van der Waals surface area contributed by atoms with Gasteiger partial charge >= 0.3 is 41.0 Å². The Balaban J connectivity index is 0.000000527. The summed E-state index contributed by atoms with van der Waals surface area (Å²) in [5.74, 6) is 0. The first-order chi connectivity index (χ1) is 36.4. The third kappa shape index (κ3) is 24.7. The number of halogens is 12. The number of aryl methyl sites for hydroxylation is 2. The number of carbonyl (C=O) groups is 1. The van der Waals surface area contributed by atoms with Crippen molar-refractivity contribution >= 4 is 73.6 Å². The summed E-state index contributed by atoms with van der Waals surface area (Å²) < 4.78 is 177. The van der Waals surface area contributed by atoms with Crippen LogP contribution in [0.2, 0.25) is 0 Å². The van der Waals surface area contributed by atoms with Gasteiger partial charge in [-0.05, 0) is 98.0 Å².